The first-order valence-corrected chi connectivity index (χ1v) is 7.18. The van der Waals surface area contributed by atoms with E-state index < -0.39 is 0 Å². The Bertz CT molecular complexity index is 577. The van der Waals surface area contributed by atoms with E-state index in [0.29, 0.717) is 17.1 Å². The number of rotatable bonds is 5. The molecular weight excluding hydrogens is 272 g/mol. The van der Waals surface area contributed by atoms with E-state index in [9.17, 15) is 4.79 Å². The van der Waals surface area contributed by atoms with Crippen molar-refractivity contribution in [2.45, 2.75) is 13.3 Å². The molecule has 1 aromatic carbocycles. The van der Waals surface area contributed by atoms with Gasteiger partial charge in [0.1, 0.15) is 4.88 Å². The molecule has 2 aromatic rings. The van der Waals surface area contributed by atoms with E-state index >= 15 is 0 Å². The summed E-state index contributed by atoms with van der Waals surface area (Å²) >= 11 is 1.13. The molecule has 0 bridgehead atoms. The van der Waals surface area contributed by atoms with E-state index in [4.69, 9.17) is 0 Å². The summed E-state index contributed by atoms with van der Waals surface area (Å²) in [5.74, 6) is -0.0950. The smallest absolute Gasteiger partial charge is 0.264 e. The van der Waals surface area contributed by atoms with Crippen LogP contribution in [0.15, 0.2) is 24.3 Å². The second-order valence-electron chi connectivity index (χ2n) is 4.75. The van der Waals surface area contributed by atoms with Crippen molar-refractivity contribution in [3.63, 3.8) is 0 Å². The fourth-order valence-electron chi connectivity index (χ4n) is 1.80. The van der Waals surface area contributed by atoms with Crippen LogP contribution in [0.1, 0.15) is 20.9 Å². The van der Waals surface area contributed by atoms with Crippen molar-refractivity contribution in [3.8, 4) is 0 Å². The summed E-state index contributed by atoms with van der Waals surface area (Å²) in [5, 5.41) is 6.73. The van der Waals surface area contributed by atoms with Gasteiger partial charge in [-0.3, -0.25) is 4.79 Å². The summed E-state index contributed by atoms with van der Waals surface area (Å²) in [6.07, 6.45) is 0.810. The van der Waals surface area contributed by atoms with Gasteiger partial charge < -0.3 is 10.2 Å². The minimum atomic E-state index is -0.0950. The molecule has 1 amide bonds. The molecule has 5 nitrogen and oxygen atoms in total. The van der Waals surface area contributed by atoms with E-state index in [1.165, 1.54) is 11.3 Å². The van der Waals surface area contributed by atoms with Gasteiger partial charge in [0.05, 0.1) is 5.69 Å². The first kappa shape index (κ1) is 14.5. The lowest BCUT2D eigenvalue weighted by molar-refractivity contribution is 0.0957. The van der Waals surface area contributed by atoms with Crippen LogP contribution in [0.3, 0.4) is 0 Å². The lowest BCUT2D eigenvalue weighted by Crippen LogP contribution is -2.25. The summed E-state index contributed by atoms with van der Waals surface area (Å²) < 4.78 is 3.76. The fourth-order valence-corrected chi connectivity index (χ4v) is 2.37. The molecule has 20 heavy (non-hydrogen) atoms. The average molecular weight is 290 g/mol. The number of carbonyl (C=O) groups is 1. The van der Waals surface area contributed by atoms with Crippen LogP contribution < -0.4 is 10.2 Å². The number of nitrogens with one attached hydrogen (secondary N) is 1. The zero-order valence-corrected chi connectivity index (χ0v) is 12.7. The number of nitrogens with zero attached hydrogens (tertiary/aromatic N) is 3. The van der Waals surface area contributed by atoms with Crippen molar-refractivity contribution in [2.75, 3.05) is 25.5 Å². The maximum absolute atomic E-state index is 11.9. The highest BCUT2D eigenvalue weighted by atomic mass is 32.1. The highest BCUT2D eigenvalue weighted by molar-refractivity contribution is 7.07. The van der Waals surface area contributed by atoms with Crippen LogP contribution in [0.25, 0.3) is 0 Å². The highest BCUT2D eigenvalue weighted by Gasteiger charge is 2.12. The molecule has 0 aliphatic rings. The Morgan fingerprint density at radius 3 is 2.55 bits per heavy atom. The van der Waals surface area contributed by atoms with Crippen molar-refractivity contribution in [2.24, 2.45) is 0 Å². The van der Waals surface area contributed by atoms with E-state index in [1.807, 2.05) is 14.1 Å². The van der Waals surface area contributed by atoms with Gasteiger partial charge in [0.2, 0.25) is 0 Å². The minimum Gasteiger partial charge on any atom is -0.378 e. The Labute approximate surface area is 122 Å². The van der Waals surface area contributed by atoms with Crippen molar-refractivity contribution in [1.82, 2.24) is 14.9 Å². The second-order valence-corrected chi connectivity index (χ2v) is 5.51. The third-order valence-corrected chi connectivity index (χ3v) is 3.84. The van der Waals surface area contributed by atoms with Gasteiger partial charge in [-0.2, -0.15) is 0 Å². The normalized spacial score (nSPS) is 10.3. The Morgan fingerprint density at radius 1 is 1.30 bits per heavy atom. The zero-order chi connectivity index (χ0) is 14.5. The third kappa shape index (κ3) is 3.54. The maximum atomic E-state index is 11.9. The van der Waals surface area contributed by atoms with Gasteiger partial charge in [0.15, 0.2) is 0 Å². The first-order chi connectivity index (χ1) is 9.58. The van der Waals surface area contributed by atoms with E-state index in [2.05, 4.69) is 44.1 Å². The largest absolute Gasteiger partial charge is 0.378 e. The molecule has 2 rings (SSSR count). The van der Waals surface area contributed by atoms with Gasteiger partial charge in [0, 0.05) is 26.3 Å². The van der Waals surface area contributed by atoms with Crippen LogP contribution in [0, 0.1) is 6.92 Å². The first-order valence-electron chi connectivity index (χ1n) is 6.41. The quantitative estimate of drug-likeness (QED) is 0.913. The van der Waals surface area contributed by atoms with Crippen molar-refractivity contribution in [3.05, 3.63) is 40.4 Å². The van der Waals surface area contributed by atoms with Crippen molar-refractivity contribution >= 4 is 23.1 Å². The lowest BCUT2D eigenvalue weighted by atomic mass is 10.1. The number of benzene rings is 1. The second kappa shape index (κ2) is 6.47. The zero-order valence-electron chi connectivity index (χ0n) is 11.9. The molecule has 6 heteroatoms. The lowest BCUT2D eigenvalue weighted by Gasteiger charge is -2.12. The molecule has 0 fully saturated rings. The molecule has 0 aliphatic heterocycles. The molecule has 0 atom stereocenters. The molecular formula is C14H18N4OS. The molecule has 0 spiro atoms. The average Bonchev–Trinajstić information content (AvgIpc) is 2.85. The third-order valence-electron chi connectivity index (χ3n) is 3.01. The Morgan fingerprint density at radius 2 is 2.00 bits per heavy atom. The van der Waals surface area contributed by atoms with Crippen molar-refractivity contribution in [1.29, 1.82) is 0 Å². The standard InChI is InChI=1S/C14H18N4OS/c1-10-13(20-17-16-10)14(19)15-9-8-11-4-6-12(7-5-11)18(2)3/h4-7H,8-9H2,1-3H3,(H,15,19). The number of amides is 1. The Hall–Kier alpha value is -1.95. The predicted octanol–water partition coefficient (Wildman–Crippen LogP) is 1.89. The summed E-state index contributed by atoms with van der Waals surface area (Å²) in [6.45, 7) is 2.40. The Kier molecular flexibility index (Phi) is 4.68. The minimum absolute atomic E-state index is 0.0950. The topological polar surface area (TPSA) is 58.1 Å². The number of carbonyl (C=O) groups excluding carboxylic acids is 1. The number of hydrogen-bond acceptors (Lipinski definition) is 5. The molecule has 1 aromatic heterocycles. The number of aryl methyl sites for hydroxylation is 1. The molecule has 106 valence electrons. The van der Waals surface area contributed by atoms with Crippen LogP contribution in [-0.2, 0) is 6.42 Å². The molecule has 0 aliphatic carbocycles. The van der Waals surface area contributed by atoms with Crippen LogP contribution in [0.4, 0.5) is 5.69 Å². The van der Waals surface area contributed by atoms with Gasteiger partial charge in [-0.25, -0.2) is 0 Å². The van der Waals surface area contributed by atoms with E-state index in [1.54, 1.807) is 6.92 Å². The summed E-state index contributed by atoms with van der Waals surface area (Å²) in [4.78, 5) is 14.5. The summed E-state index contributed by atoms with van der Waals surface area (Å²) in [5.41, 5.74) is 3.06. The summed E-state index contributed by atoms with van der Waals surface area (Å²) in [6, 6.07) is 8.32. The number of hydrogen-bond donors (Lipinski definition) is 1. The molecule has 0 saturated heterocycles. The SMILES string of the molecule is Cc1nnsc1C(=O)NCCc1ccc(N(C)C)cc1. The number of anilines is 1. The molecule has 1 N–H and O–H groups in total. The van der Waals surface area contributed by atoms with Gasteiger partial charge >= 0.3 is 0 Å². The van der Waals surface area contributed by atoms with Crippen LogP contribution >= 0.6 is 11.5 Å². The fraction of sp³-hybridized carbons (Fsp3) is 0.357. The molecule has 0 saturated carbocycles. The Balaban J connectivity index is 1.84. The van der Waals surface area contributed by atoms with Gasteiger partial charge in [0.25, 0.3) is 5.91 Å². The van der Waals surface area contributed by atoms with E-state index in [0.717, 1.165) is 18.0 Å². The monoisotopic (exact) mass is 290 g/mol. The van der Waals surface area contributed by atoms with Crippen LogP contribution in [0.5, 0.6) is 0 Å². The van der Waals surface area contributed by atoms with E-state index in [-0.39, 0.29) is 5.91 Å². The van der Waals surface area contributed by atoms with Crippen LogP contribution in [0.2, 0.25) is 0 Å². The maximum Gasteiger partial charge on any atom is 0.264 e. The molecule has 0 unspecified atom stereocenters. The molecule has 1 heterocycles. The molecule has 0 radical (unpaired) electrons. The van der Waals surface area contributed by atoms with Crippen molar-refractivity contribution < 1.29 is 4.79 Å². The highest BCUT2D eigenvalue weighted by Crippen LogP contribution is 2.12. The van der Waals surface area contributed by atoms with Gasteiger partial charge in [-0.1, -0.05) is 16.6 Å². The van der Waals surface area contributed by atoms with Crippen LogP contribution in [-0.4, -0.2) is 36.1 Å². The van der Waals surface area contributed by atoms with Gasteiger partial charge in [-0.05, 0) is 42.6 Å². The summed E-state index contributed by atoms with van der Waals surface area (Å²) in [7, 11) is 4.03. The van der Waals surface area contributed by atoms with Gasteiger partial charge in [-0.15, -0.1) is 5.10 Å². The predicted molar refractivity (Wildman–Crippen MR) is 81.5 cm³/mol. The number of aromatic nitrogens is 2.